The van der Waals surface area contributed by atoms with E-state index in [1.807, 2.05) is 0 Å². The Morgan fingerprint density at radius 2 is 1.94 bits per heavy atom. The zero-order chi connectivity index (χ0) is 13.0. The zero-order valence-electron chi connectivity index (χ0n) is 8.48. The van der Waals surface area contributed by atoms with Crippen LogP contribution in [0.1, 0.15) is 0 Å². The summed E-state index contributed by atoms with van der Waals surface area (Å²) < 4.78 is 4.33. The number of rotatable bonds is 3. The number of hydrogen-bond acceptors (Lipinski definition) is 7. The molecule has 0 fully saturated rings. The van der Waals surface area contributed by atoms with Crippen LogP contribution in [-0.4, -0.2) is 22.3 Å². The Labute approximate surface area is 98.9 Å². The molecule has 0 saturated carbocycles. The summed E-state index contributed by atoms with van der Waals surface area (Å²) in [5, 5.41) is 20.4. The lowest BCUT2D eigenvalue weighted by molar-refractivity contribution is -0.396. The van der Waals surface area contributed by atoms with Crippen molar-refractivity contribution in [1.29, 1.82) is 0 Å². The smallest absolute Gasteiger partial charge is 0.372 e. The van der Waals surface area contributed by atoms with Crippen molar-refractivity contribution in [1.82, 2.24) is 0 Å². The van der Waals surface area contributed by atoms with E-state index in [9.17, 15) is 25.0 Å². The molecule has 9 heteroatoms. The van der Waals surface area contributed by atoms with Crippen LogP contribution in [-0.2, 0) is 4.74 Å². The average molecular weight is 258 g/mol. The number of methoxy groups -OCH3 is 1. The van der Waals surface area contributed by atoms with Gasteiger partial charge in [-0.15, -0.1) is 0 Å². The van der Waals surface area contributed by atoms with Crippen molar-refractivity contribution in [3.8, 4) is 0 Å². The second kappa shape index (κ2) is 5.25. The second-order valence-corrected chi connectivity index (χ2v) is 3.70. The molecule has 0 heterocycles. The molecule has 8 nitrogen and oxygen atoms in total. The summed E-state index contributed by atoms with van der Waals surface area (Å²) in [4.78, 5) is 30.5. The maximum Gasteiger partial charge on any atom is 0.372 e. The molecule has 0 atom stereocenters. The highest BCUT2D eigenvalue weighted by atomic mass is 32.2. The Morgan fingerprint density at radius 3 is 2.41 bits per heavy atom. The van der Waals surface area contributed by atoms with Gasteiger partial charge in [-0.1, -0.05) is 0 Å². The molecule has 90 valence electrons. The molecule has 0 aliphatic heterocycles. The summed E-state index contributed by atoms with van der Waals surface area (Å²) in [5.74, 6) is 0. The van der Waals surface area contributed by atoms with E-state index in [-0.39, 0.29) is 4.90 Å². The van der Waals surface area contributed by atoms with E-state index < -0.39 is 26.5 Å². The highest BCUT2D eigenvalue weighted by Crippen LogP contribution is 2.33. The summed E-state index contributed by atoms with van der Waals surface area (Å²) >= 11 is 0.494. The summed E-state index contributed by atoms with van der Waals surface area (Å²) in [5.41, 5.74) is -0.916. The Balaban J connectivity index is 3.17. The van der Waals surface area contributed by atoms with Crippen molar-refractivity contribution in [3.05, 3.63) is 38.4 Å². The highest BCUT2D eigenvalue weighted by Gasteiger charge is 2.21. The molecule has 0 amide bonds. The number of carbonyl (C=O) groups is 1. The molecular weight excluding hydrogens is 252 g/mol. The van der Waals surface area contributed by atoms with Gasteiger partial charge in [0.2, 0.25) is 0 Å². The lowest BCUT2D eigenvalue weighted by atomic mass is 10.3. The molecule has 1 rings (SSSR count). The van der Waals surface area contributed by atoms with Crippen LogP contribution in [0, 0.1) is 20.2 Å². The molecule has 0 N–H and O–H groups in total. The third-order valence-electron chi connectivity index (χ3n) is 1.71. The SMILES string of the molecule is COC(=O)Sc1ccc([N+](=O)[O-])cc1[N+](=O)[O-]. The Morgan fingerprint density at radius 1 is 1.29 bits per heavy atom. The Bertz CT molecular complexity index is 489. The first-order valence-electron chi connectivity index (χ1n) is 4.14. The standard InChI is InChI=1S/C8H6N2O6S/c1-16-8(11)17-7-3-2-5(9(12)13)4-6(7)10(14)15/h2-4H,1H3. The second-order valence-electron chi connectivity index (χ2n) is 2.72. The summed E-state index contributed by atoms with van der Waals surface area (Å²) in [6.45, 7) is 0. The molecule has 0 aliphatic carbocycles. The summed E-state index contributed by atoms with van der Waals surface area (Å²) in [7, 11) is 1.13. The van der Waals surface area contributed by atoms with Gasteiger partial charge in [-0.3, -0.25) is 20.2 Å². The molecule has 0 bridgehead atoms. The van der Waals surface area contributed by atoms with Crippen molar-refractivity contribution in [2.24, 2.45) is 0 Å². The molecule has 0 radical (unpaired) electrons. The van der Waals surface area contributed by atoms with Crippen LogP contribution >= 0.6 is 11.8 Å². The molecule has 1 aromatic rings. The lowest BCUT2D eigenvalue weighted by Crippen LogP contribution is -1.97. The summed E-state index contributed by atoms with van der Waals surface area (Å²) in [6, 6.07) is 3.02. The third kappa shape index (κ3) is 3.14. The van der Waals surface area contributed by atoms with E-state index in [0.29, 0.717) is 11.8 Å². The van der Waals surface area contributed by atoms with E-state index >= 15 is 0 Å². The zero-order valence-corrected chi connectivity index (χ0v) is 9.30. The minimum Gasteiger partial charge on any atom is -0.461 e. The van der Waals surface area contributed by atoms with Crippen LogP contribution in [0.5, 0.6) is 0 Å². The monoisotopic (exact) mass is 258 g/mol. The van der Waals surface area contributed by atoms with Gasteiger partial charge in [-0.05, 0) is 6.07 Å². The summed E-state index contributed by atoms with van der Waals surface area (Å²) in [6.07, 6.45) is 0. The lowest BCUT2D eigenvalue weighted by Gasteiger charge is -2.00. The molecule has 0 unspecified atom stereocenters. The van der Waals surface area contributed by atoms with Crippen LogP contribution in [0.4, 0.5) is 16.2 Å². The Kier molecular flexibility index (Phi) is 3.99. The largest absolute Gasteiger partial charge is 0.461 e. The number of carbonyl (C=O) groups excluding carboxylic acids is 1. The quantitative estimate of drug-likeness (QED) is 0.354. The fourth-order valence-electron chi connectivity index (χ4n) is 0.980. The van der Waals surface area contributed by atoms with Gasteiger partial charge in [0.1, 0.15) is 0 Å². The minimum absolute atomic E-state index is 0.00699. The van der Waals surface area contributed by atoms with Gasteiger partial charge in [0.05, 0.1) is 27.9 Å². The van der Waals surface area contributed by atoms with Crippen LogP contribution < -0.4 is 0 Å². The van der Waals surface area contributed by atoms with E-state index in [1.165, 1.54) is 0 Å². The number of non-ortho nitro benzene ring substituents is 1. The van der Waals surface area contributed by atoms with Gasteiger partial charge in [0, 0.05) is 17.8 Å². The van der Waals surface area contributed by atoms with Crippen molar-refractivity contribution in [2.45, 2.75) is 4.90 Å². The van der Waals surface area contributed by atoms with Gasteiger partial charge in [-0.2, -0.15) is 0 Å². The van der Waals surface area contributed by atoms with Crippen LogP contribution in [0.3, 0.4) is 0 Å². The number of ether oxygens (including phenoxy) is 1. The predicted octanol–water partition coefficient (Wildman–Crippen LogP) is 2.36. The van der Waals surface area contributed by atoms with E-state index in [1.54, 1.807) is 0 Å². The van der Waals surface area contributed by atoms with Gasteiger partial charge >= 0.3 is 5.30 Å². The van der Waals surface area contributed by atoms with Gasteiger partial charge in [0.15, 0.2) is 0 Å². The van der Waals surface area contributed by atoms with Gasteiger partial charge < -0.3 is 4.74 Å². The first kappa shape index (κ1) is 12.9. The van der Waals surface area contributed by atoms with Crippen LogP contribution in [0.2, 0.25) is 0 Å². The number of nitrogens with zero attached hydrogens (tertiary/aromatic N) is 2. The highest BCUT2D eigenvalue weighted by molar-refractivity contribution is 8.13. The topological polar surface area (TPSA) is 113 Å². The maximum absolute atomic E-state index is 11.0. The first-order chi connectivity index (χ1) is 7.95. The molecule has 0 spiro atoms. The maximum atomic E-state index is 11.0. The number of nitro groups is 2. The first-order valence-corrected chi connectivity index (χ1v) is 4.96. The van der Waals surface area contributed by atoms with Crippen LogP contribution in [0.15, 0.2) is 23.1 Å². The molecule has 0 saturated heterocycles. The molecule has 1 aromatic carbocycles. The average Bonchev–Trinajstić information content (AvgIpc) is 2.28. The normalized spacial score (nSPS) is 9.71. The van der Waals surface area contributed by atoms with E-state index in [4.69, 9.17) is 0 Å². The van der Waals surface area contributed by atoms with Crippen molar-refractivity contribution >= 4 is 28.4 Å². The predicted molar refractivity (Wildman–Crippen MR) is 58.0 cm³/mol. The number of hydrogen-bond donors (Lipinski definition) is 0. The number of benzene rings is 1. The van der Waals surface area contributed by atoms with Crippen LogP contribution in [0.25, 0.3) is 0 Å². The van der Waals surface area contributed by atoms with E-state index in [2.05, 4.69) is 4.74 Å². The fraction of sp³-hybridized carbons (Fsp3) is 0.125. The van der Waals surface area contributed by atoms with Crippen molar-refractivity contribution < 1.29 is 19.4 Å². The fourth-order valence-corrected chi connectivity index (χ4v) is 1.62. The molecule has 17 heavy (non-hydrogen) atoms. The van der Waals surface area contributed by atoms with Gasteiger partial charge in [0.25, 0.3) is 11.4 Å². The molecule has 0 aliphatic rings. The van der Waals surface area contributed by atoms with Crippen molar-refractivity contribution in [2.75, 3.05) is 7.11 Å². The van der Waals surface area contributed by atoms with Crippen molar-refractivity contribution in [3.63, 3.8) is 0 Å². The molecule has 0 aromatic heterocycles. The number of nitro benzene ring substituents is 2. The third-order valence-corrected chi connectivity index (χ3v) is 2.61. The molecular formula is C8H6N2O6S. The number of thioether (sulfide) groups is 1. The minimum atomic E-state index is -0.793. The van der Waals surface area contributed by atoms with E-state index in [0.717, 1.165) is 25.3 Å². The van der Waals surface area contributed by atoms with Gasteiger partial charge in [-0.25, -0.2) is 4.79 Å². The Hall–Kier alpha value is -2.16.